The molecule has 1 aromatic heterocycles. The fourth-order valence-corrected chi connectivity index (χ4v) is 2.50. The van der Waals surface area contributed by atoms with E-state index in [2.05, 4.69) is 68.7 Å². The van der Waals surface area contributed by atoms with Crippen molar-refractivity contribution in [2.24, 2.45) is 0 Å². The lowest BCUT2D eigenvalue weighted by Crippen LogP contribution is -2.19. The number of benzene rings is 2. The van der Waals surface area contributed by atoms with Gasteiger partial charge in [0.1, 0.15) is 0 Å². The Morgan fingerprint density at radius 3 is 2.58 bits per heavy atom. The van der Waals surface area contributed by atoms with Crippen LogP contribution in [-0.4, -0.2) is 22.2 Å². The van der Waals surface area contributed by atoms with E-state index >= 15 is 0 Å². The molecule has 1 N–H and O–H groups in total. The molecule has 2 aromatic carbocycles. The van der Waals surface area contributed by atoms with Gasteiger partial charge in [0.15, 0.2) is 5.82 Å². The second-order valence-corrected chi connectivity index (χ2v) is 5.82. The van der Waals surface area contributed by atoms with Gasteiger partial charge in [-0.25, -0.2) is 0 Å². The molecule has 0 fully saturated rings. The van der Waals surface area contributed by atoms with E-state index in [9.17, 15) is 0 Å². The third kappa shape index (κ3) is 4.29. The van der Waals surface area contributed by atoms with Crippen molar-refractivity contribution in [3.8, 4) is 0 Å². The largest absolute Gasteiger partial charge is 0.354 e. The Morgan fingerprint density at radius 2 is 1.79 bits per heavy atom. The van der Waals surface area contributed by atoms with Gasteiger partial charge in [0.2, 0.25) is 5.95 Å². The number of aryl methyl sites for hydroxylation is 1. The van der Waals surface area contributed by atoms with Gasteiger partial charge in [0.25, 0.3) is 0 Å². The monoisotopic (exact) mass is 319 g/mol. The van der Waals surface area contributed by atoms with Gasteiger partial charge in [-0.1, -0.05) is 60.2 Å². The first kappa shape index (κ1) is 15.9. The molecule has 0 amide bonds. The van der Waals surface area contributed by atoms with Crippen molar-refractivity contribution >= 4 is 11.8 Å². The zero-order valence-electron chi connectivity index (χ0n) is 14.0. The number of rotatable bonds is 6. The fourth-order valence-electron chi connectivity index (χ4n) is 2.50. The minimum absolute atomic E-state index is 0.536. The summed E-state index contributed by atoms with van der Waals surface area (Å²) in [6.45, 7) is 3.53. The van der Waals surface area contributed by atoms with Crippen LogP contribution < -0.4 is 10.2 Å². The van der Waals surface area contributed by atoms with Crippen LogP contribution in [0.15, 0.2) is 60.8 Å². The summed E-state index contributed by atoms with van der Waals surface area (Å²) >= 11 is 0. The van der Waals surface area contributed by atoms with Gasteiger partial charge in [-0.05, 0) is 18.1 Å². The van der Waals surface area contributed by atoms with E-state index in [0.29, 0.717) is 12.5 Å². The fraction of sp³-hybridized carbons (Fsp3) is 0.211. The van der Waals surface area contributed by atoms with Crippen LogP contribution in [0.4, 0.5) is 11.8 Å². The summed E-state index contributed by atoms with van der Waals surface area (Å²) in [4.78, 5) is 6.60. The molecule has 0 atom stereocenters. The number of anilines is 2. The van der Waals surface area contributed by atoms with Crippen LogP contribution >= 0.6 is 0 Å². The first-order chi connectivity index (χ1) is 11.7. The molecule has 1 heterocycles. The molecule has 0 aliphatic heterocycles. The SMILES string of the molecule is Cc1cccc(CNc2nncc(N(C)Cc3ccccc3)n2)c1. The average molecular weight is 319 g/mol. The van der Waals surface area contributed by atoms with Crippen LogP contribution in [0.1, 0.15) is 16.7 Å². The van der Waals surface area contributed by atoms with Crippen molar-refractivity contribution in [2.75, 3.05) is 17.3 Å². The average Bonchev–Trinajstić information content (AvgIpc) is 2.61. The van der Waals surface area contributed by atoms with E-state index in [1.807, 2.05) is 25.2 Å². The number of hydrogen-bond acceptors (Lipinski definition) is 5. The molecule has 0 bridgehead atoms. The molecule has 0 aliphatic rings. The summed E-state index contributed by atoms with van der Waals surface area (Å²) in [7, 11) is 2.00. The van der Waals surface area contributed by atoms with Gasteiger partial charge in [-0.2, -0.15) is 10.1 Å². The van der Waals surface area contributed by atoms with Gasteiger partial charge >= 0.3 is 0 Å². The van der Waals surface area contributed by atoms with Crippen LogP contribution in [0.25, 0.3) is 0 Å². The van der Waals surface area contributed by atoms with Crippen LogP contribution in [0.3, 0.4) is 0 Å². The standard InChI is InChI=1S/C19H21N5/c1-15-7-6-10-17(11-15)12-20-19-22-18(13-21-23-19)24(2)14-16-8-4-3-5-9-16/h3-11,13H,12,14H2,1-2H3,(H,20,22,23). The first-order valence-corrected chi connectivity index (χ1v) is 7.95. The van der Waals surface area contributed by atoms with E-state index in [1.54, 1.807) is 6.20 Å². The smallest absolute Gasteiger partial charge is 0.244 e. The maximum atomic E-state index is 4.55. The first-order valence-electron chi connectivity index (χ1n) is 7.95. The number of hydrogen-bond donors (Lipinski definition) is 1. The molecule has 24 heavy (non-hydrogen) atoms. The lowest BCUT2D eigenvalue weighted by Gasteiger charge is -2.18. The zero-order valence-corrected chi connectivity index (χ0v) is 14.0. The molecule has 0 radical (unpaired) electrons. The van der Waals surface area contributed by atoms with Crippen molar-refractivity contribution in [1.82, 2.24) is 15.2 Å². The van der Waals surface area contributed by atoms with Crippen molar-refractivity contribution in [3.05, 3.63) is 77.5 Å². The predicted molar refractivity (Wildman–Crippen MR) is 96.9 cm³/mol. The van der Waals surface area contributed by atoms with Gasteiger partial charge in [0.05, 0.1) is 6.20 Å². The molecule has 0 aliphatic carbocycles. The summed E-state index contributed by atoms with van der Waals surface area (Å²) in [5, 5.41) is 11.4. The molecule has 0 saturated carbocycles. The minimum atomic E-state index is 0.536. The van der Waals surface area contributed by atoms with E-state index in [0.717, 1.165) is 12.4 Å². The van der Waals surface area contributed by atoms with Crippen molar-refractivity contribution < 1.29 is 0 Å². The summed E-state index contributed by atoms with van der Waals surface area (Å²) in [6, 6.07) is 18.7. The van der Waals surface area contributed by atoms with Crippen LogP contribution in [0.2, 0.25) is 0 Å². The zero-order chi connectivity index (χ0) is 16.8. The Labute approximate surface area is 142 Å². The van der Waals surface area contributed by atoms with Crippen LogP contribution in [0.5, 0.6) is 0 Å². The number of nitrogens with one attached hydrogen (secondary N) is 1. The minimum Gasteiger partial charge on any atom is -0.354 e. The lowest BCUT2D eigenvalue weighted by atomic mass is 10.1. The topological polar surface area (TPSA) is 53.9 Å². The number of aromatic nitrogens is 3. The Bertz CT molecular complexity index is 789. The Morgan fingerprint density at radius 1 is 1.00 bits per heavy atom. The second-order valence-electron chi connectivity index (χ2n) is 5.82. The second kappa shape index (κ2) is 7.55. The molecule has 0 unspecified atom stereocenters. The van der Waals surface area contributed by atoms with Gasteiger partial charge < -0.3 is 10.2 Å². The van der Waals surface area contributed by atoms with E-state index in [1.165, 1.54) is 16.7 Å². The molecule has 3 rings (SSSR count). The van der Waals surface area contributed by atoms with Gasteiger partial charge in [-0.3, -0.25) is 0 Å². The van der Waals surface area contributed by atoms with Crippen LogP contribution in [0, 0.1) is 6.92 Å². The van der Waals surface area contributed by atoms with E-state index in [-0.39, 0.29) is 0 Å². The Kier molecular flexibility index (Phi) is 5.01. The maximum absolute atomic E-state index is 4.55. The third-order valence-corrected chi connectivity index (χ3v) is 3.73. The summed E-state index contributed by atoms with van der Waals surface area (Å²) in [5.41, 5.74) is 3.67. The molecule has 0 saturated heterocycles. The Hall–Kier alpha value is -2.95. The van der Waals surface area contributed by atoms with E-state index in [4.69, 9.17) is 0 Å². The summed E-state index contributed by atoms with van der Waals surface area (Å²) in [6.07, 6.45) is 1.68. The molecule has 122 valence electrons. The third-order valence-electron chi connectivity index (χ3n) is 3.73. The Balaban J connectivity index is 1.65. The molecular weight excluding hydrogens is 298 g/mol. The highest BCUT2D eigenvalue weighted by atomic mass is 15.3. The quantitative estimate of drug-likeness (QED) is 0.754. The van der Waals surface area contributed by atoms with Crippen LogP contribution in [-0.2, 0) is 13.1 Å². The summed E-state index contributed by atoms with van der Waals surface area (Å²) in [5.74, 6) is 1.33. The lowest BCUT2D eigenvalue weighted by molar-refractivity contribution is 0.859. The van der Waals surface area contributed by atoms with Gasteiger partial charge in [-0.15, -0.1) is 5.10 Å². The molecule has 5 heteroatoms. The van der Waals surface area contributed by atoms with Crippen molar-refractivity contribution in [3.63, 3.8) is 0 Å². The molecular formula is C19H21N5. The summed E-state index contributed by atoms with van der Waals surface area (Å²) < 4.78 is 0. The molecule has 5 nitrogen and oxygen atoms in total. The highest BCUT2D eigenvalue weighted by molar-refractivity contribution is 5.40. The highest BCUT2D eigenvalue weighted by Gasteiger charge is 2.06. The van der Waals surface area contributed by atoms with Crippen molar-refractivity contribution in [2.45, 2.75) is 20.0 Å². The normalized spacial score (nSPS) is 10.4. The molecule has 0 spiro atoms. The maximum Gasteiger partial charge on any atom is 0.244 e. The number of nitrogens with zero attached hydrogens (tertiary/aromatic N) is 4. The van der Waals surface area contributed by atoms with E-state index < -0.39 is 0 Å². The predicted octanol–water partition coefficient (Wildman–Crippen LogP) is 3.43. The molecule has 3 aromatic rings. The highest BCUT2D eigenvalue weighted by Crippen LogP contribution is 2.13. The van der Waals surface area contributed by atoms with Gasteiger partial charge in [0, 0.05) is 20.1 Å². The van der Waals surface area contributed by atoms with Crippen molar-refractivity contribution in [1.29, 1.82) is 0 Å².